The number of nitrogens with zero attached hydrogens (tertiary/aromatic N) is 3. The first-order valence-corrected chi connectivity index (χ1v) is 7.39. The van der Waals surface area contributed by atoms with Crippen LogP contribution in [-0.4, -0.2) is 18.4 Å². The van der Waals surface area contributed by atoms with Gasteiger partial charge in [-0.2, -0.15) is 13.5 Å². The molecule has 6 heteroatoms. The lowest BCUT2D eigenvalue weighted by molar-refractivity contribution is 0.475. The number of sulfonamides is 1. The molecule has 1 aromatic rings. The van der Waals surface area contributed by atoms with Crippen molar-refractivity contribution in [1.82, 2.24) is 4.41 Å². The van der Waals surface area contributed by atoms with Crippen molar-refractivity contribution in [3.63, 3.8) is 0 Å². The summed E-state index contributed by atoms with van der Waals surface area (Å²) in [7, 11) is -3.68. The van der Waals surface area contributed by atoms with E-state index in [9.17, 15) is 8.42 Å². The average molecular weight is 275 g/mol. The van der Waals surface area contributed by atoms with Crippen LogP contribution >= 0.6 is 0 Å². The standard InChI is InChI=1S/C13H13N3O2S/c1-13-10-6-5-9-12(13)16(15-14-13)19(17,18)11-7-3-2-4-8-11/h2-9H,10H2,1H3. The highest BCUT2D eigenvalue weighted by atomic mass is 32.2. The highest BCUT2D eigenvalue weighted by molar-refractivity contribution is 7.89. The Morgan fingerprint density at radius 2 is 2.00 bits per heavy atom. The summed E-state index contributed by atoms with van der Waals surface area (Å²) in [5.74, 6) is 0. The van der Waals surface area contributed by atoms with E-state index < -0.39 is 15.6 Å². The van der Waals surface area contributed by atoms with Crippen molar-refractivity contribution >= 4 is 10.0 Å². The van der Waals surface area contributed by atoms with Crippen molar-refractivity contribution < 1.29 is 8.42 Å². The van der Waals surface area contributed by atoms with Gasteiger partial charge in [-0.15, -0.1) is 4.41 Å². The second-order valence-electron chi connectivity index (χ2n) is 4.71. The Morgan fingerprint density at radius 3 is 2.74 bits per heavy atom. The summed E-state index contributed by atoms with van der Waals surface area (Å²) >= 11 is 0. The number of rotatable bonds is 2. The van der Waals surface area contributed by atoms with Gasteiger partial charge in [-0.05, 0) is 31.6 Å². The molecule has 0 radical (unpaired) electrons. The molecule has 1 unspecified atom stereocenters. The van der Waals surface area contributed by atoms with Crippen LogP contribution < -0.4 is 0 Å². The van der Waals surface area contributed by atoms with Gasteiger partial charge in [0.05, 0.1) is 10.6 Å². The molecule has 5 nitrogen and oxygen atoms in total. The smallest absolute Gasteiger partial charge is 0.199 e. The van der Waals surface area contributed by atoms with Crippen LogP contribution in [-0.2, 0) is 10.0 Å². The molecule has 0 spiro atoms. The average Bonchev–Trinajstić information content (AvgIpc) is 2.77. The minimum atomic E-state index is -3.68. The van der Waals surface area contributed by atoms with Gasteiger partial charge < -0.3 is 0 Å². The first-order chi connectivity index (χ1) is 9.04. The molecule has 0 amide bonds. The molecule has 1 heterocycles. The van der Waals surface area contributed by atoms with Gasteiger partial charge in [0, 0.05) is 0 Å². The van der Waals surface area contributed by atoms with Crippen molar-refractivity contribution in [2.24, 2.45) is 10.3 Å². The summed E-state index contributed by atoms with van der Waals surface area (Å²) in [4.78, 5) is 0.216. The van der Waals surface area contributed by atoms with E-state index in [4.69, 9.17) is 0 Å². The Labute approximate surface area is 112 Å². The van der Waals surface area contributed by atoms with E-state index in [1.807, 2.05) is 19.1 Å². The third-order valence-electron chi connectivity index (χ3n) is 3.28. The van der Waals surface area contributed by atoms with Crippen LogP contribution in [0.25, 0.3) is 0 Å². The van der Waals surface area contributed by atoms with E-state index in [-0.39, 0.29) is 4.90 Å². The van der Waals surface area contributed by atoms with Gasteiger partial charge in [-0.1, -0.05) is 35.6 Å². The fourth-order valence-corrected chi connectivity index (χ4v) is 3.51. The lowest BCUT2D eigenvalue weighted by atomic mass is 9.91. The monoisotopic (exact) mass is 275 g/mol. The number of hydrogen-bond donors (Lipinski definition) is 0. The van der Waals surface area contributed by atoms with Crippen LogP contribution in [0.3, 0.4) is 0 Å². The quantitative estimate of drug-likeness (QED) is 0.833. The van der Waals surface area contributed by atoms with Crippen molar-refractivity contribution in [2.75, 3.05) is 0 Å². The molecule has 0 saturated heterocycles. The van der Waals surface area contributed by atoms with E-state index in [2.05, 4.69) is 10.3 Å². The summed E-state index contributed by atoms with van der Waals surface area (Å²) in [5.41, 5.74) is 0.0233. The Morgan fingerprint density at radius 1 is 1.26 bits per heavy atom. The third-order valence-corrected chi connectivity index (χ3v) is 4.87. The van der Waals surface area contributed by atoms with Crippen LogP contribution in [0, 0.1) is 0 Å². The van der Waals surface area contributed by atoms with Gasteiger partial charge >= 0.3 is 0 Å². The molecule has 0 fully saturated rings. The highest BCUT2D eigenvalue weighted by Crippen LogP contribution is 2.40. The molecule has 3 rings (SSSR count). The molecular weight excluding hydrogens is 262 g/mol. The third kappa shape index (κ3) is 1.79. The van der Waals surface area contributed by atoms with E-state index in [1.54, 1.807) is 36.4 Å². The van der Waals surface area contributed by atoms with Gasteiger partial charge in [-0.3, -0.25) is 0 Å². The zero-order valence-corrected chi connectivity index (χ0v) is 11.2. The molecule has 19 heavy (non-hydrogen) atoms. The maximum absolute atomic E-state index is 12.5. The summed E-state index contributed by atoms with van der Waals surface area (Å²) in [6.45, 7) is 1.88. The van der Waals surface area contributed by atoms with Crippen molar-refractivity contribution in [2.45, 2.75) is 23.8 Å². The Hall–Kier alpha value is -1.95. The van der Waals surface area contributed by atoms with Crippen molar-refractivity contribution in [1.29, 1.82) is 0 Å². The van der Waals surface area contributed by atoms with E-state index in [0.717, 1.165) is 4.41 Å². The topological polar surface area (TPSA) is 62.1 Å². The molecule has 1 atom stereocenters. The first-order valence-electron chi connectivity index (χ1n) is 5.95. The maximum Gasteiger partial charge on any atom is 0.284 e. The number of fused-ring (bicyclic) bond motifs is 1. The van der Waals surface area contributed by atoms with Gasteiger partial charge in [0.2, 0.25) is 0 Å². The molecule has 98 valence electrons. The fraction of sp³-hybridized carbons (Fsp3) is 0.231. The minimum absolute atomic E-state index is 0.216. The number of allylic oxidation sites excluding steroid dienone is 2. The summed E-state index contributed by atoms with van der Waals surface area (Å²) in [6, 6.07) is 8.26. The van der Waals surface area contributed by atoms with Gasteiger partial charge in [0.25, 0.3) is 10.0 Å². The fourth-order valence-electron chi connectivity index (χ4n) is 2.16. The number of hydrogen-bond acceptors (Lipinski definition) is 4. The van der Waals surface area contributed by atoms with Crippen LogP contribution in [0.15, 0.2) is 69.5 Å². The first kappa shape index (κ1) is 12.1. The van der Waals surface area contributed by atoms with E-state index >= 15 is 0 Å². The van der Waals surface area contributed by atoms with Gasteiger partial charge in [-0.25, -0.2) is 0 Å². The summed E-state index contributed by atoms with van der Waals surface area (Å²) in [6.07, 6.45) is 6.20. The Bertz CT molecular complexity index is 692. The van der Waals surface area contributed by atoms with Crippen molar-refractivity contribution in [3.8, 4) is 0 Å². The normalized spacial score (nSPS) is 25.3. The Kier molecular flexibility index (Phi) is 2.56. The highest BCUT2D eigenvalue weighted by Gasteiger charge is 2.43. The molecule has 2 aliphatic rings. The van der Waals surface area contributed by atoms with Gasteiger partial charge in [0.15, 0.2) is 0 Å². The summed E-state index contributed by atoms with van der Waals surface area (Å²) in [5, 5.41) is 7.98. The molecule has 0 N–H and O–H groups in total. The maximum atomic E-state index is 12.5. The lowest BCUT2D eigenvalue weighted by Crippen LogP contribution is -2.32. The van der Waals surface area contributed by atoms with E-state index in [1.165, 1.54) is 0 Å². The Balaban J connectivity index is 2.07. The molecular formula is C13H13N3O2S. The summed E-state index contributed by atoms with van der Waals surface area (Å²) < 4.78 is 26.1. The molecule has 0 saturated carbocycles. The number of benzene rings is 1. The molecule has 1 aromatic carbocycles. The second-order valence-corrected chi connectivity index (χ2v) is 6.48. The molecule has 1 aliphatic carbocycles. The lowest BCUT2D eigenvalue weighted by Gasteiger charge is -2.25. The molecule has 1 aliphatic heterocycles. The molecule has 0 aromatic heterocycles. The largest absolute Gasteiger partial charge is 0.284 e. The van der Waals surface area contributed by atoms with Crippen LogP contribution in [0.1, 0.15) is 13.3 Å². The second kappa shape index (κ2) is 4.03. The predicted octanol–water partition coefficient (Wildman–Crippen LogP) is 2.66. The zero-order valence-electron chi connectivity index (χ0n) is 10.4. The van der Waals surface area contributed by atoms with E-state index in [0.29, 0.717) is 12.1 Å². The van der Waals surface area contributed by atoms with Crippen LogP contribution in [0.5, 0.6) is 0 Å². The molecule has 0 bridgehead atoms. The predicted molar refractivity (Wildman–Crippen MR) is 70.6 cm³/mol. The van der Waals surface area contributed by atoms with Crippen LogP contribution in [0.4, 0.5) is 0 Å². The zero-order chi connectivity index (χ0) is 13.5. The van der Waals surface area contributed by atoms with Crippen LogP contribution in [0.2, 0.25) is 0 Å². The minimum Gasteiger partial charge on any atom is -0.199 e. The van der Waals surface area contributed by atoms with Crippen molar-refractivity contribution in [3.05, 3.63) is 54.3 Å². The van der Waals surface area contributed by atoms with Gasteiger partial charge in [0.1, 0.15) is 5.54 Å². The SMILES string of the molecule is CC12CC=CC=C1N(S(=O)(=O)c1ccccc1)N=N2.